The predicted molar refractivity (Wildman–Crippen MR) is 102 cm³/mol. The summed E-state index contributed by atoms with van der Waals surface area (Å²) in [6, 6.07) is 3.46. The minimum absolute atomic E-state index is 0.351. The predicted octanol–water partition coefficient (Wildman–Crippen LogP) is 3.72. The number of methoxy groups -OCH3 is 4. The van der Waals surface area contributed by atoms with E-state index < -0.39 is 0 Å². The summed E-state index contributed by atoms with van der Waals surface area (Å²) in [4.78, 5) is 20.5. The van der Waals surface area contributed by atoms with Gasteiger partial charge in [0.2, 0.25) is 11.6 Å². The van der Waals surface area contributed by atoms with Gasteiger partial charge in [-0.1, -0.05) is 0 Å². The molecule has 140 valence electrons. The molecule has 1 aromatic carbocycles. The maximum atomic E-state index is 11.8. The summed E-state index contributed by atoms with van der Waals surface area (Å²) >= 11 is 1.49. The molecule has 0 saturated carbocycles. The number of ether oxygens (including phenoxy) is 4. The average molecular weight is 386 g/mol. The van der Waals surface area contributed by atoms with Crippen LogP contribution in [0.4, 0.5) is 0 Å². The third-order valence-corrected chi connectivity index (χ3v) is 4.80. The van der Waals surface area contributed by atoms with Gasteiger partial charge in [0.25, 0.3) is 0 Å². The number of carbonyl (C=O) groups excluding carboxylic acids is 1. The summed E-state index contributed by atoms with van der Waals surface area (Å²) in [6.07, 6.45) is 4.13. The molecular formula is C19H18N2O5S. The lowest BCUT2D eigenvalue weighted by molar-refractivity contribution is 0.112. The van der Waals surface area contributed by atoms with E-state index in [4.69, 9.17) is 18.9 Å². The fraction of sp³-hybridized carbons (Fsp3) is 0.211. The Balaban J connectivity index is 2.35. The molecule has 27 heavy (non-hydrogen) atoms. The van der Waals surface area contributed by atoms with Crippen molar-refractivity contribution in [1.29, 1.82) is 0 Å². The van der Waals surface area contributed by atoms with Gasteiger partial charge >= 0.3 is 0 Å². The molecule has 0 radical (unpaired) electrons. The van der Waals surface area contributed by atoms with E-state index >= 15 is 0 Å². The highest BCUT2D eigenvalue weighted by atomic mass is 32.1. The molecule has 0 N–H and O–H groups in total. The fourth-order valence-electron chi connectivity index (χ4n) is 2.82. The van der Waals surface area contributed by atoms with Gasteiger partial charge in [0.15, 0.2) is 17.8 Å². The molecule has 0 spiro atoms. The first kappa shape index (κ1) is 18.7. The first-order chi connectivity index (χ1) is 13.2. The Labute approximate surface area is 160 Å². The van der Waals surface area contributed by atoms with Crippen LogP contribution >= 0.6 is 11.3 Å². The Morgan fingerprint density at radius 3 is 2.30 bits per heavy atom. The molecule has 3 rings (SSSR count). The van der Waals surface area contributed by atoms with Crippen LogP contribution in [0.15, 0.2) is 29.9 Å². The Kier molecular flexibility index (Phi) is 5.56. The number of nitrogens with zero attached hydrogens (tertiary/aromatic N) is 2. The van der Waals surface area contributed by atoms with Crippen molar-refractivity contribution in [2.24, 2.45) is 0 Å². The number of hydrogen-bond acceptors (Lipinski definition) is 8. The number of thiazole rings is 1. The highest BCUT2D eigenvalue weighted by molar-refractivity contribution is 7.13. The maximum absolute atomic E-state index is 11.8. The molecule has 2 heterocycles. The number of pyridine rings is 1. The Hall–Kier alpha value is -3.13. The van der Waals surface area contributed by atoms with Crippen molar-refractivity contribution < 1.29 is 23.7 Å². The van der Waals surface area contributed by atoms with Crippen molar-refractivity contribution in [2.75, 3.05) is 28.4 Å². The summed E-state index contributed by atoms with van der Waals surface area (Å²) in [7, 11) is 6.02. The molecule has 0 aliphatic carbocycles. The number of carbonyl (C=O) groups is 1. The van der Waals surface area contributed by atoms with Crippen LogP contribution in [0.5, 0.6) is 23.1 Å². The normalized spacial score (nSPS) is 10.4. The lowest BCUT2D eigenvalue weighted by atomic mass is 9.97. The number of benzene rings is 1. The van der Waals surface area contributed by atoms with Gasteiger partial charge in [-0.25, -0.2) is 9.97 Å². The van der Waals surface area contributed by atoms with Gasteiger partial charge in [0.1, 0.15) is 5.01 Å². The monoisotopic (exact) mass is 386 g/mol. The topological polar surface area (TPSA) is 79.8 Å². The van der Waals surface area contributed by atoms with Crippen LogP contribution in [0, 0.1) is 0 Å². The standard InChI is InChI=1S/C19H18N2O5S/c1-23-14-8-12(10-22)15(17(25-3)16(14)24-2)13-7-11(9-21-18(13)26-4)19-20-5-6-27-19/h5-10H,1-4H3. The van der Waals surface area contributed by atoms with Crippen molar-refractivity contribution in [3.05, 3.63) is 35.5 Å². The Bertz CT molecular complexity index is 957. The van der Waals surface area contributed by atoms with Crippen LogP contribution in [-0.4, -0.2) is 44.7 Å². The molecule has 0 bridgehead atoms. The van der Waals surface area contributed by atoms with Gasteiger partial charge in [0.05, 0.1) is 28.4 Å². The summed E-state index contributed by atoms with van der Waals surface area (Å²) in [5, 5.41) is 2.69. The van der Waals surface area contributed by atoms with Gasteiger partial charge in [-0.05, 0) is 12.1 Å². The van der Waals surface area contributed by atoms with Crippen molar-refractivity contribution in [1.82, 2.24) is 9.97 Å². The minimum Gasteiger partial charge on any atom is -0.493 e. The summed E-state index contributed by atoms with van der Waals surface area (Å²) in [5.41, 5.74) is 2.26. The second-order valence-electron chi connectivity index (χ2n) is 5.35. The third kappa shape index (κ3) is 3.31. The minimum atomic E-state index is 0.351. The van der Waals surface area contributed by atoms with Crippen LogP contribution < -0.4 is 18.9 Å². The molecule has 0 unspecified atom stereocenters. The molecular weight excluding hydrogens is 368 g/mol. The molecule has 0 atom stereocenters. The smallest absolute Gasteiger partial charge is 0.221 e. The second kappa shape index (κ2) is 8.05. The zero-order valence-electron chi connectivity index (χ0n) is 15.3. The molecule has 0 aliphatic heterocycles. The second-order valence-corrected chi connectivity index (χ2v) is 6.24. The number of hydrogen-bond donors (Lipinski definition) is 0. The van der Waals surface area contributed by atoms with Crippen LogP contribution in [0.1, 0.15) is 10.4 Å². The van der Waals surface area contributed by atoms with Crippen molar-refractivity contribution in [3.63, 3.8) is 0 Å². The van der Waals surface area contributed by atoms with E-state index in [2.05, 4.69) is 9.97 Å². The van der Waals surface area contributed by atoms with Crippen LogP contribution in [0.3, 0.4) is 0 Å². The van der Waals surface area contributed by atoms with Crippen LogP contribution in [0.2, 0.25) is 0 Å². The van der Waals surface area contributed by atoms with Crippen LogP contribution in [-0.2, 0) is 0 Å². The van der Waals surface area contributed by atoms with E-state index in [-0.39, 0.29) is 0 Å². The molecule has 0 amide bonds. The van der Waals surface area contributed by atoms with Crippen LogP contribution in [0.25, 0.3) is 21.7 Å². The first-order valence-corrected chi connectivity index (χ1v) is 8.78. The molecule has 3 aromatic rings. The molecule has 0 fully saturated rings. The summed E-state index contributed by atoms with van der Waals surface area (Å²) < 4.78 is 21.8. The van der Waals surface area contributed by atoms with Gasteiger partial charge in [-0.15, -0.1) is 11.3 Å². The van der Waals surface area contributed by atoms with E-state index in [1.165, 1.54) is 39.8 Å². The fourth-order valence-corrected chi connectivity index (χ4v) is 3.44. The lowest BCUT2D eigenvalue weighted by Crippen LogP contribution is -2.02. The largest absolute Gasteiger partial charge is 0.493 e. The molecule has 2 aromatic heterocycles. The van der Waals surface area contributed by atoms with Gasteiger partial charge in [0, 0.05) is 40.0 Å². The van der Waals surface area contributed by atoms with E-state index in [1.807, 2.05) is 11.4 Å². The zero-order valence-corrected chi connectivity index (χ0v) is 16.1. The molecule has 8 heteroatoms. The maximum Gasteiger partial charge on any atom is 0.221 e. The van der Waals surface area contributed by atoms with Gasteiger partial charge in [-0.2, -0.15) is 0 Å². The average Bonchev–Trinajstić information content (AvgIpc) is 3.26. The number of rotatable bonds is 7. The SMILES string of the molecule is COc1cc(C=O)c(-c2cc(-c3nccs3)cnc2OC)c(OC)c1OC. The summed E-state index contributed by atoms with van der Waals surface area (Å²) in [6.45, 7) is 0. The van der Waals surface area contributed by atoms with E-state index in [0.29, 0.717) is 39.8 Å². The number of aldehydes is 1. The molecule has 0 saturated heterocycles. The first-order valence-electron chi connectivity index (χ1n) is 7.90. The van der Waals surface area contributed by atoms with E-state index in [1.54, 1.807) is 18.5 Å². The van der Waals surface area contributed by atoms with Crippen molar-refractivity contribution in [3.8, 4) is 44.8 Å². The molecule has 0 aliphatic rings. The van der Waals surface area contributed by atoms with Gasteiger partial charge in [-0.3, -0.25) is 4.79 Å². The Morgan fingerprint density at radius 2 is 1.74 bits per heavy atom. The summed E-state index contributed by atoms with van der Waals surface area (Å²) in [5.74, 6) is 1.48. The number of aromatic nitrogens is 2. The van der Waals surface area contributed by atoms with Gasteiger partial charge < -0.3 is 18.9 Å². The van der Waals surface area contributed by atoms with E-state index in [0.717, 1.165) is 16.9 Å². The Morgan fingerprint density at radius 1 is 0.963 bits per heavy atom. The zero-order chi connectivity index (χ0) is 19.4. The highest BCUT2D eigenvalue weighted by Crippen LogP contribution is 2.48. The van der Waals surface area contributed by atoms with E-state index in [9.17, 15) is 4.79 Å². The third-order valence-electron chi connectivity index (χ3n) is 3.98. The van der Waals surface area contributed by atoms with Crippen molar-refractivity contribution in [2.45, 2.75) is 0 Å². The quantitative estimate of drug-likeness (QED) is 0.573. The van der Waals surface area contributed by atoms with Crippen molar-refractivity contribution >= 4 is 17.6 Å². The lowest BCUT2D eigenvalue weighted by Gasteiger charge is -2.19. The molecule has 7 nitrogen and oxygen atoms in total. The highest BCUT2D eigenvalue weighted by Gasteiger charge is 2.25.